The molecule has 0 bridgehead atoms. The third-order valence-electron chi connectivity index (χ3n) is 5.00. The molecule has 5 nitrogen and oxygen atoms in total. The summed E-state index contributed by atoms with van der Waals surface area (Å²) < 4.78 is 0. The van der Waals surface area contributed by atoms with Crippen LogP contribution in [0.5, 0.6) is 0 Å². The van der Waals surface area contributed by atoms with Crippen molar-refractivity contribution in [3.8, 4) is 0 Å². The number of carbonyl (C=O) groups excluding carboxylic acids is 1. The zero-order chi connectivity index (χ0) is 16.5. The Balaban J connectivity index is 1.45. The fourth-order valence-electron chi connectivity index (χ4n) is 3.69. The van der Waals surface area contributed by atoms with E-state index < -0.39 is 0 Å². The van der Waals surface area contributed by atoms with Crippen LogP contribution in [0.1, 0.15) is 29.0 Å². The number of aromatic nitrogens is 2. The van der Waals surface area contributed by atoms with E-state index in [0.29, 0.717) is 5.91 Å². The molecule has 24 heavy (non-hydrogen) atoms. The number of hydrogen-bond acceptors (Lipinski definition) is 5. The number of hydrogen-bond donors (Lipinski definition) is 0. The number of anilines is 1. The first kappa shape index (κ1) is 15.6. The molecule has 1 unspecified atom stereocenters. The van der Waals surface area contributed by atoms with E-state index in [0.717, 1.165) is 57.0 Å². The van der Waals surface area contributed by atoms with E-state index in [9.17, 15) is 4.79 Å². The van der Waals surface area contributed by atoms with Crippen molar-refractivity contribution in [3.05, 3.63) is 40.0 Å². The van der Waals surface area contributed by atoms with Crippen molar-refractivity contribution in [2.24, 2.45) is 5.92 Å². The molecule has 1 atom stereocenters. The third kappa shape index (κ3) is 3.02. The average Bonchev–Trinajstić information content (AvgIpc) is 3.09. The quantitative estimate of drug-likeness (QED) is 0.842. The summed E-state index contributed by atoms with van der Waals surface area (Å²) in [6, 6.07) is 4.17. The predicted molar refractivity (Wildman–Crippen MR) is 95.1 cm³/mol. The minimum absolute atomic E-state index is 0.0780. The van der Waals surface area contributed by atoms with E-state index in [1.807, 2.05) is 24.3 Å². The van der Waals surface area contributed by atoms with Crippen molar-refractivity contribution in [3.63, 3.8) is 0 Å². The van der Waals surface area contributed by atoms with Crippen molar-refractivity contribution in [2.75, 3.05) is 24.5 Å². The van der Waals surface area contributed by atoms with Gasteiger partial charge in [0.15, 0.2) is 0 Å². The lowest BCUT2D eigenvalue weighted by Crippen LogP contribution is -2.46. The summed E-state index contributed by atoms with van der Waals surface area (Å²) in [5.74, 6) is 1.33. The fraction of sp³-hybridized carbons (Fsp3) is 0.500. The van der Waals surface area contributed by atoms with Gasteiger partial charge in [0.2, 0.25) is 5.91 Å². The molecule has 1 fully saturated rings. The standard InChI is InChI=1S/C18H22N4OS/c1-13-9-17(20-12-19-13)21-6-2-3-15(11-21)18(23)22-7-4-16-14(10-22)5-8-24-16/h5,8-9,12,15H,2-4,6-7,10-11H2,1H3. The van der Waals surface area contributed by atoms with Crippen molar-refractivity contribution in [1.82, 2.24) is 14.9 Å². The minimum Gasteiger partial charge on any atom is -0.356 e. The smallest absolute Gasteiger partial charge is 0.227 e. The molecule has 6 heteroatoms. The van der Waals surface area contributed by atoms with Crippen molar-refractivity contribution in [1.29, 1.82) is 0 Å². The minimum atomic E-state index is 0.0780. The first-order valence-electron chi connectivity index (χ1n) is 8.58. The second-order valence-corrected chi connectivity index (χ2v) is 7.68. The Hall–Kier alpha value is -1.95. The van der Waals surface area contributed by atoms with Gasteiger partial charge in [0.05, 0.1) is 5.92 Å². The number of piperidine rings is 1. The zero-order valence-electron chi connectivity index (χ0n) is 13.9. The first-order chi connectivity index (χ1) is 11.7. The molecule has 2 aliphatic heterocycles. The lowest BCUT2D eigenvalue weighted by molar-refractivity contribution is -0.136. The van der Waals surface area contributed by atoms with Crippen LogP contribution in [-0.2, 0) is 17.8 Å². The topological polar surface area (TPSA) is 49.3 Å². The molecule has 1 saturated heterocycles. The molecule has 2 aliphatic rings. The molecule has 4 heterocycles. The van der Waals surface area contributed by atoms with Gasteiger partial charge >= 0.3 is 0 Å². The predicted octanol–water partition coefficient (Wildman–Crippen LogP) is 2.65. The normalized spacial score (nSPS) is 20.8. The van der Waals surface area contributed by atoms with Crippen LogP contribution in [0.2, 0.25) is 0 Å². The molecule has 0 saturated carbocycles. The average molecular weight is 342 g/mol. The molecular formula is C18H22N4OS. The van der Waals surface area contributed by atoms with Crippen molar-refractivity contribution in [2.45, 2.75) is 32.7 Å². The number of nitrogens with zero attached hydrogens (tertiary/aromatic N) is 4. The number of carbonyl (C=O) groups is 1. The van der Waals surface area contributed by atoms with Crippen LogP contribution in [-0.4, -0.2) is 40.4 Å². The van der Waals surface area contributed by atoms with Gasteiger partial charge in [-0.2, -0.15) is 0 Å². The fourth-order valence-corrected chi connectivity index (χ4v) is 4.58. The largest absolute Gasteiger partial charge is 0.356 e. The Labute approximate surface area is 146 Å². The van der Waals surface area contributed by atoms with Gasteiger partial charge in [-0.1, -0.05) is 0 Å². The van der Waals surface area contributed by atoms with Gasteiger partial charge < -0.3 is 9.80 Å². The van der Waals surface area contributed by atoms with E-state index in [-0.39, 0.29) is 5.92 Å². The van der Waals surface area contributed by atoms with Gasteiger partial charge in [-0.3, -0.25) is 4.79 Å². The maximum Gasteiger partial charge on any atom is 0.227 e. The maximum atomic E-state index is 13.0. The maximum absolute atomic E-state index is 13.0. The summed E-state index contributed by atoms with van der Waals surface area (Å²) >= 11 is 1.81. The molecule has 0 aromatic carbocycles. The number of aryl methyl sites for hydroxylation is 1. The van der Waals surface area contributed by atoms with Crippen molar-refractivity contribution >= 4 is 23.1 Å². The Morgan fingerprint density at radius 1 is 1.33 bits per heavy atom. The molecule has 0 aliphatic carbocycles. The van der Waals surface area contributed by atoms with Crippen LogP contribution >= 0.6 is 11.3 Å². The summed E-state index contributed by atoms with van der Waals surface area (Å²) in [5.41, 5.74) is 2.30. The van der Waals surface area contributed by atoms with Gasteiger partial charge in [-0.25, -0.2) is 9.97 Å². The van der Waals surface area contributed by atoms with Crippen LogP contribution in [0.4, 0.5) is 5.82 Å². The molecule has 1 amide bonds. The van der Waals surface area contributed by atoms with Crippen LogP contribution in [0.3, 0.4) is 0 Å². The van der Waals surface area contributed by atoms with E-state index in [4.69, 9.17) is 0 Å². The monoisotopic (exact) mass is 342 g/mol. The lowest BCUT2D eigenvalue weighted by atomic mass is 9.95. The van der Waals surface area contributed by atoms with Crippen LogP contribution in [0.25, 0.3) is 0 Å². The van der Waals surface area contributed by atoms with E-state index in [1.54, 1.807) is 6.33 Å². The van der Waals surface area contributed by atoms with Crippen LogP contribution < -0.4 is 4.90 Å². The first-order valence-corrected chi connectivity index (χ1v) is 9.46. The number of fused-ring (bicyclic) bond motifs is 1. The summed E-state index contributed by atoms with van der Waals surface area (Å²) in [6.07, 6.45) is 4.63. The van der Waals surface area contributed by atoms with Crippen molar-refractivity contribution < 1.29 is 4.79 Å². The Bertz CT molecular complexity index is 744. The SMILES string of the molecule is Cc1cc(N2CCCC(C(=O)N3CCc4sccc4C3)C2)ncn1. The van der Waals surface area contributed by atoms with Crippen LogP contribution in [0, 0.1) is 12.8 Å². The second kappa shape index (κ2) is 6.51. The Morgan fingerprint density at radius 3 is 3.12 bits per heavy atom. The number of rotatable bonds is 2. The molecule has 126 valence electrons. The van der Waals surface area contributed by atoms with Gasteiger partial charge in [-0.15, -0.1) is 11.3 Å². The highest BCUT2D eigenvalue weighted by Crippen LogP contribution is 2.28. The highest BCUT2D eigenvalue weighted by molar-refractivity contribution is 7.10. The van der Waals surface area contributed by atoms with Gasteiger partial charge in [0, 0.05) is 42.8 Å². The highest BCUT2D eigenvalue weighted by Gasteiger charge is 2.31. The molecule has 4 rings (SSSR count). The summed E-state index contributed by atoms with van der Waals surface area (Å²) in [4.78, 5) is 27.3. The lowest BCUT2D eigenvalue weighted by Gasteiger charge is -2.36. The molecule has 0 radical (unpaired) electrons. The van der Waals surface area contributed by atoms with E-state index >= 15 is 0 Å². The highest BCUT2D eigenvalue weighted by atomic mass is 32.1. The van der Waals surface area contributed by atoms with Crippen LogP contribution in [0.15, 0.2) is 23.8 Å². The van der Waals surface area contributed by atoms with Gasteiger partial charge in [0.1, 0.15) is 12.1 Å². The Morgan fingerprint density at radius 2 is 2.25 bits per heavy atom. The summed E-state index contributed by atoms with van der Waals surface area (Å²) in [5, 5.41) is 2.14. The summed E-state index contributed by atoms with van der Waals surface area (Å²) in [6.45, 7) is 5.34. The molecular weight excluding hydrogens is 320 g/mol. The Kier molecular flexibility index (Phi) is 4.22. The van der Waals surface area contributed by atoms with Gasteiger partial charge in [-0.05, 0) is 43.2 Å². The van der Waals surface area contributed by atoms with Gasteiger partial charge in [0.25, 0.3) is 0 Å². The van der Waals surface area contributed by atoms with E-state index in [1.165, 1.54) is 10.4 Å². The number of amides is 1. The zero-order valence-corrected chi connectivity index (χ0v) is 14.8. The van der Waals surface area contributed by atoms with E-state index in [2.05, 4.69) is 31.2 Å². The second-order valence-electron chi connectivity index (χ2n) is 6.68. The molecule has 2 aromatic rings. The molecule has 0 spiro atoms. The number of thiophene rings is 1. The molecule has 0 N–H and O–H groups in total. The third-order valence-corrected chi connectivity index (χ3v) is 6.03. The summed E-state index contributed by atoms with van der Waals surface area (Å²) in [7, 11) is 0. The molecule has 2 aromatic heterocycles.